The van der Waals surface area contributed by atoms with Crippen molar-refractivity contribution in [2.75, 3.05) is 13.7 Å². The number of nitrogens with zero attached hydrogens (tertiary/aromatic N) is 1. The highest BCUT2D eigenvalue weighted by molar-refractivity contribution is 5.99. The van der Waals surface area contributed by atoms with E-state index in [1.54, 1.807) is 30.3 Å². The van der Waals surface area contributed by atoms with Gasteiger partial charge in [0.25, 0.3) is 0 Å². The van der Waals surface area contributed by atoms with Gasteiger partial charge in [-0.2, -0.15) is 5.26 Å². The number of hydrogen-bond donors (Lipinski definition) is 0. The molecule has 0 aromatic heterocycles. The Balaban J connectivity index is 2.06. The van der Waals surface area contributed by atoms with E-state index in [0.29, 0.717) is 22.6 Å². The van der Waals surface area contributed by atoms with Gasteiger partial charge in [0.15, 0.2) is 6.61 Å². The zero-order valence-electron chi connectivity index (χ0n) is 11.9. The summed E-state index contributed by atoms with van der Waals surface area (Å²) in [5.41, 5.74) is 2.07. The molecule has 0 bridgehead atoms. The lowest BCUT2D eigenvalue weighted by molar-refractivity contribution is 0.0918. The van der Waals surface area contributed by atoms with Crippen LogP contribution in [0.25, 0.3) is 0 Å². The van der Waals surface area contributed by atoms with E-state index in [2.05, 4.69) is 0 Å². The standard InChI is InChI=1S/C17H15NO3/c1-12-3-8-15(17(9-12)20-2)16(19)11-21-14-6-4-13(10-18)5-7-14/h3-9H,11H2,1-2H3. The van der Waals surface area contributed by atoms with Gasteiger partial charge >= 0.3 is 0 Å². The van der Waals surface area contributed by atoms with Crippen molar-refractivity contribution in [2.45, 2.75) is 6.92 Å². The van der Waals surface area contributed by atoms with Gasteiger partial charge in [-0.25, -0.2) is 0 Å². The largest absolute Gasteiger partial charge is 0.496 e. The van der Waals surface area contributed by atoms with E-state index < -0.39 is 0 Å². The molecular formula is C17H15NO3. The highest BCUT2D eigenvalue weighted by Gasteiger charge is 2.13. The van der Waals surface area contributed by atoms with Crippen LogP contribution < -0.4 is 9.47 Å². The minimum Gasteiger partial charge on any atom is -0.496 e. The van der Waals surface area contributed by atoms with Crippen molar-refractivity contribution in [3.63, 3.8) is 0 Å². The number of nitriles is 1. The molecular weight excluding hydrogens is 266 g/mol. The number of benzene rings is 2. The molecule has 2 aromatic rings. The molecule has 0 fully saturated rings. The highest BCUT2D eigenvalue weighted by Crippen LogP contribution is 2.21. The fourth-order valence-electron chi connectivity index (χ4n) is 1.88. The van der Waals surface area contributed by atoms with Crippen LogP contribution in [-0.2, 0) is 0 Å². The Bertz CT molecular complexity index is 684. The van der Waals surface area contributed by atoms with Crippen LogP contribution in [0.1, 0.15) is 21.5 Å². The molecule has 4 nitrogen and oxygen atoms in total. The Labute approximate surface area is 123 Å². The predicted molar refractivity (Wildman–Crippen MR) is 78.7 cm³/mol. The Morgan fingerprint density at radius 2 is 1.90 bits per heavy atom. The molecule has 2 aromatic carbocycles. The third-order valence-corrected chi connectivity index (χ3v) is 3.01. The molecule has 0 heterocycles. The number of hydrogen-bond acceptors (Lipinski definition) is 4. The van der Waals surface area contributed by atoms with E-state index in [1.807, 2.05) is 25.1 Å². The van der Waals surface area contributed by atoms with E-state index in [0.717, 1.165) is 5.56 Å². The van der Waals surface area contributed by atoms with Crippen LogP contribution in [0.15, 0.2) is 42.5 Å². The normalized spacial score (nSPS) is 9.76. The second kappa shape index (κ2) is 6.58. The number of carbonyl (C=O) groups excluding carboxylic acids is 1. The van der Waals surface area contributed by atoms with Gasteiger partial charge in [-0.15, -0.1) is 0 Å². The van der Waals surface area contributed by atoms with Crippen molar-refractivity contribution in [1.82, 2.24) is 0 Å². The SMILES string of the molecule is COc1cc(C)ccc1C(=O)COc1ccc(C#N)cc1. The van der Waals surface area contributed by atoms with Crippen molar-refractivity contribution in [2.24, 2.45) is 0 Å². The lowest BCUT2D eigenvalue weighted by Gasteiger charge is -2.09. The zero-order valence-corrected chi connectivity index (χ0v) is 11.9. The quantitative estimate of drug-likeness (QED) is 0.790. The van der Waals surface area contributed by atoms with Crippen molar-refractivity contribution in [3.8, 4) is 17.6 Å². The lowest BCUT2D eigenvalue weighted by atomic mass is 10.1. The average molecular weight is 281 g/mol. The summed E-state index contributed by atoms with van der Waals surface area (Å²) in [4.78, 5) is 12.2. The van der Waals surface area contributed by atoms with Gasteiger partial charge in [-0.3, -0.25) is 4.79 Å². The van der Waals surface area contributed by atoms with Gasteiger partial charge in [0.1, 0.15) is 11.5 Å². The van der Waals surface area contributed by atoms with Crippen molar-refractivity contribution < 1.29 is 14.3 Å². The van der Waals surface area contributed by atoms with Gasteiger partial charge in [-0.05, 0) is 48.9 Å². The predicted octanol–water partition coefficient (Wildman–Crippen LogP) is 3.14. The van der Waals surface area contributed by atoms with Gasteiger partial charge in [0, 0.05) is 0 Å². The summed E-state index contributed by atoms with van der Waals surface area (Å²) < 4.78 is 10.7. The monoisotopic (exact) mass is 281 g/mol. The van der Waals surface area contributed by atoms with E-state index in [-0.39, 0.29) is 12.4 Å². The highest BCUT2D eigenvalue weighted by atomic mass is 16.5. The second-order valence-corrected chi connectivity index (χ2v) is 4.55. The summed E-state index contributed by atoms with van der Waals surface area (Å²) >= 11 is 0. The smallest absolute Gasteiger partial charge is 0.203 e. The van der Waals surface area contributed by atoms with Crippen LogP contribution in [0.3, 0.4) is 0 Å². The number of carbonyl (C=O) groups is 1. The van der Waals surface area contributed by atoms with Crippen LogP contribution in [0, 0.1) is 18.3 Å². The summed E-state index contributed by atoms with van der Waals surface area (Å²) in [6.45, 7) is 1.86. The van der Waals surface area contributed by atoms with Gasteiger partial charge in [0.2, 0.25) is 5.78 Å². The third-order valence-electron chi connectivity index (χ3n) is 3.01. The number of Topliss-reactive ketones (excluding diaryl/α,β-unsaturated/α-hetero) is 1. The minimum atomic E-state index is -0.156. The maximum atomic E-state index is 12.2. The summed E-state index contributed by atoms with van der Waals surface area (Å²) in [5, 5.41) is 8.72. The molecule has 21 heavy (non-hydrogen) atoms. The molecule has 0 aliphatic rings. The first-order valence-corrected chi connectivity index (χ1v) is 6.45. The average Bonchev–Trinajstić information content (AvgIpc) is 2.52. The zero-order chi connectivity index (χ0) is 15.2. The van der Waals surface area contributed by atoms with Crippen LogP contribution in [0.5, 0.6) is 11.5 Å². The first-order valence-electron chi connectivity index (χ1n) is 6.45. The molecule has 0 N–H and O–H groups in total. The number of rotatable bonds is 5. The molecule has 0 amide bonds. The van der Waals surface area contributed by atoms with Crippen molar-refractivity contribution >= 4 is 5.78 Å². The number of methoxy groups -OCH3 is 1. The Hall–Kier alpha value is -2.80. The Morgan fingerprint density at radius 1 is 1.19 bits per heavy atom. The maximum Gasteiger partial charge on any atom is 0.203 e. The molecule has 4 heteroatoms. The third kappa shape index (κ3) is 3.61. The molecule has 0 atom stereocenters. The summed E-state index contributed by atoms with van der Waals surface area (Å²) in [5.74, 6) is 0.938. The van der Waals surface area contributed by atoms with E-state index >= 15 is 0 Å². The van der Waals surface area contributed by atoms with E-state index in [9.17, 15) is 4.79 Å². The van der Waals surface area contributed by atoms with Crippen molar-refractivity contribution in [1.29, 1.82) is 5.26 Å². The molecule has 0 spiro atoms. The first kappa shape index (κ1) is 14.6. The summed E-state index contributed by atoms with van der Waals surface area (Å²) in [6.07, 6.45) is 0. The minimum absolute atomic E-state index is 0.0781. The maximum absolute atomic E-state index is 12.2. The van der Waals surface area contributed by atoms with Crippen LogP contribution in [0.4, 0.5) is 0 Å². The van der Waals surface area contributed by atoms with E-state index in [1.165, 1.54) is 7.11 Å². The summed E-state index contributed by atoms with van der Waals surface area (Å²) in [6, 6.07) is 14.1. The van der Waals surface area contributed by atoms with Crippen LogP contribution in [-0.4, -0.2) is 19.5 Å². The Kier molecular flexibility index (Phi) is 4.57. The fraction of sp³-hybridized carbons (Fsp3) is 0.176. The first-order chi connectivity index (χ1) is 10.1. The molecule has 0 saturated carbocycles. The van der Waals surface area contributed by atoms with Crippen molar-refractivity contribution in [3.05, 3.63) is 59.2 Å². The molecule has 0 unspecified atom stereocenters. The van der Waals surface area contributed by atoms with Gasteiger partial charge in [0.05, 0.1) is 24.3 Å². The van der Waals surface area contributed by atoms with Crippen LogP contribution >= 0.6 is 0 Å². The molecule has 0 saturated heterocycles. The molecule has 2 rings (SSSR count). The molecule has 0 aliphatic heterocycles. The number of ketones is 1. The van der Waals surface area contributed by atoms with Gasteiger partial charge in [-0.1, -0.05) is 6.07 Å². The number of aryl methyl sites for hydroxylation is 1. The molecule has 0 radical (unpaired) electrons. The summed E-state index contributed by atoms with van der Waals surface area (Å²) in [7, 11) is 1.53. The van der Waals surface area contributed by atoms with E-state index in [4.69, 9.17) is 14.7 Å². The molecule has 0 aliphatic carbocycles. The fourth-order valence-corrected chi connectivity index (χ4v) is 1.88. The van der Waals surface area contributed by atoms with Crippen LogP contribution in [0.2, 0.25) is 0 Å². The Morgan fingerprint density at radius 3 is 2.52 bits per heavy atom. The lowest BCUT2D eigenvalue weighted by Crippen LogP contribution is -2.12. The number of ether oxygens (including phenoxy) is 2. The van der Waals surface area contributed by atoms with Gasteiger partial charge < -0.3 is 9.47 Å². The second-order valence-electron chi connectivity index (χ2n) is 4.55. The topological polar surface area (TPSA) is 59.3 Å². The molecule has 106 valence electrons.